The first-order chi connectivity index (χ1) is 12.0. The maximum Gasteiger partial charge on any atom is 0.318 e. The van der Waals surface area contributed by atoms with Crippen LogP contribution in [0.4, 0.5) is 4.79 Å². The van der Waals surface area contributed by atoms with E-state index < -0.39 is 9.84 Å². The fraction of sp³-hybridized carbons (Fsp3) is 0.412. The number of hydrogen-bond acceptors (Lipinski definition) is 5. The highest BCUT2D eigenvalue weighted by atomic mass is 32.2. The second kappa shape index (κ2) is 7.37. The van der Waals surface area contributed by atoms with E-state index >= 15 is 0 Å². The van der Waals surface area contributed by atoms with E-state index in [2.05, 4.69) is 10.3 Å². The van der Waals surface area contributed by atoms with Gasteiger partial charge in [-0.2, -0.15) is 0 Å². The summed E-state index contributed by atoms with van der Waals surface area (Å²) in [7, 11) is -3.10. The zero-order valence-corrected chi connectivity index (χ0v) is 14.6. The monoisotopic (exact) mass is 363 g/mol. The predicted molar refractivity (Wildman–Crippen MR) is 94.8 cm³/mol. The molecule has 1 aliphatic rings. The number of carbonyl (C=O) groups is 1. The molecule has 0 aliphatic carbocycles. The summed E-state index contributed by atoms with van der Waals surface area (Å²) in [6.45, 7) is 0.217. The minimum atomic E-state index is -3.10. The summed E-state index contributed by atoms with van der Waals surface area (Å²) in [6.07, 6.45) is 2.10. The van der Waals surface area contributed by atoms with E-state index in [0.29, 0.717) is 13.0 Å². The van der Waals surface area contributed by atoms with E-state index in [-0.39, 0.29) is 36.7 Å². The molecule has 3 rings (SSSR count). The first-order valence-electron chi connectivity index (χ1n) is 8.18. The number of amides is 2. The third kappa shape index (κ3) is 4.08. The third-order valence-corrected chi connectivity index (χ3v) is 6.17. The predicted octanol–water partition coefficient (Wildman–Crippen LogP) is 0.926. The van der Waals surface area contributed by atoms with Crippen molar-refractivity contribution < 1.29 is 18.3 Å². The smallest absolute Gasteiger partial charge is 0.318 e. The Kier molecular flexibility index (Phi) is 5.19. The Morgan fingerprint density at radius 1 is 1.32 bits per heavy atom. The summed E-state index contributed by atoms with van der Waals surface area (Å²) in [5, 5.41) is 13.0. The van der Waals surface area contributed by atoms with Gasteiger partial charge in [0.15, 0.2) is 9.84 Å². The molecule has 1 aliphatic heterocycles. The van der Waals surface area contributed by atoms with Crippen LogP contribution in [0.15, 0.2) is 36.5 Å². The minimum Gasteiger partial charge on any atom is -0.395 e. The number of urea groups is 1. The lowest BCUT2D eigenvalue weighted by Crippen LogP contribution is -2.47. The Balaban J connectivity index is 1.71. The van der Waals surface area contributed by atoms with Crippen molar-refractivity contribution in [2.45, 2.75) is 19.0 Å². The fourth-order valence-electron chi connectivity index (χ4n) is 3.16. The Bertz CT molecular complexity index is 864. The molecule has 0 saturated carbocycles. The highest BCUT2D eigenvalue weighted by Gasteiger charge is 2.34. The second-order valence-electron chi connectivity index (χ2n) is 6.12. The number of nitrogens with one attached hydrogen (secondary N) is 1. The topological polar surface area (TPSA) is 99.6 Å². The molecule has 0 bridgehead atoms. The molecule has 0 unspecified atom stereocenters. The summed E-state index contributed by atoms with van der Waals surface area (Å²) in [5.41, 5.74) is 1.78. The number of pyridine rings is 1. The van der Waals surface area contributed by atoms with Gasteiger partial charge in [0.2, 0.25) is 0 Å². The van der Waals surface area contributed by atoms with Gasteiger partial charge in [-0.05, 0) is 24.1 Å². The van der Waals surface area contributed by atoms with Gasteiger partial charge >= 0.3 is 6.03 Å². The van der Waals surface area contributed by atoms with Crippen molar-refractivity contribution in [1.82, 2.24) is 15.2 Å². The fourth-order valence-corrected chi connectivity index (χ4v) is 4.89. The average Bonchev–Trinajstić information content (AvgIpc) is 2.97. The molecule has 25 heavy (non-hydrogen) atoms. The molecule has 2 N–H and O–H groups in total. The first-order valence-corrected chi connectivity index (χ1v) is 10.0. The lowest BCUT2D eigenvalue weighted by atomic mass is 10.1. The van der Waals surface area contributed by atoms with E-state index in [0.717, 1.165) is 16.5 Å². The standard InChI is InChI=1S/C17H21N3O4S/c21-9-8-20(14-6-10-25(23,24)12-14)17(22)19-11-13-5-7-18-16-4-2-1-3-15(13)16/h1-5,7,14,21H,6,8-12H2,(H,19,22)/t14-/m0/s1. The van der Waals surface area contributed by atoms with E-state index in [1.165, 1.54) is 4.90 Å². The van der Waals surface area contributed by atoms with Crippen molar-refractivity contribution in [1.29, 1.82) is 0 Å². The number of benzene rings is 1. The number of aliphatic hydroxyl groups excluding tert-OH is 1. The number of aliphatic hydroxyl groups is 1. The van der Waals surface area contributed by atoms with Crippen LogP contribution in [0.2, 0.25) is 0 Å². The van der Waals surface area contributed by atoms with Gasteiger partial charge in [-0.1, -0.05) is 18.2 Å². The van der Waals surface area contributed by atoms with Crippen LogP contribution in [0, 0.1) is 0 Å². The Morgan fingerprint density at radius 2 is 2.12 bits per heavy atom. The molecule has 2 aromatic rings. The van der Waals surface area contributed by atoms with Crippen molar-refractivity contribution in [2.75, 3.05) is 24.7 Å². The van der Waals surface area contributed by atoms with Gasteiger partial charge in [0.05, 0.1) is 23.6 Å². The van der Waals surface area contributed by atoms with Gasteiger partial charge in [-0.25, -0.2) is 13.2 Å². The number of para-hydroxylation sites is 1. The summed E-state index contributed by atoms with van der Waals surface area (Å²) in [6, 6.07) is 8.77. The first kappa shape index (κ1) is 17.6. The Hall–Kier alpha value is -2.19. The molecule has 0 spiro atoms. The maximum absolute atomic E-state index is 12.5. The molecule has 2 amide bonds. The van der Waals surface area contributed by atoms with Gasteiger partial charge in [0.1, 0.15) is 0 Å². The lowest BCUT2D eigenvalue weighted by molar-refractivity contribution is 0.157. The molecule has 8 heteroatoms. The van der Waals surface area contributed by atoms with Crippen LogP contribution in [-0.2, 0) is 16.4 Å². The van der Waals surface area contributed by atoms with Crippen molar-refractivity contribution in [3.8, 4) is 0 Å². The number of carbonyl (C=O) groups excluding carboxylic acids is 1. The van der Waals surface area contributed by atoms with Gasteiger partial charge in [-0.3, -0.25) is 4.98 Å². The molecule has 134 valence electrons. The molecule has 1 fully saturated rings. The zero-order valence-electron chi connectivity index (χ0n) is 13.8. The number of sulfone groups is 1. The third-order valence-electron chi connectivity index (χ3n) is 4.42. The minimum absolute atomic E-state index is 0.0430. The van der Waals surface area contributed by atoms with Crippen LogP contribution in [0.25, 0.3) is 10.9 Å². The summed E-state index contributed by atoms with van der Waals surface area (Å²) in [5.74, 6) is 0.0421. The molecule has 1 atom stereocenters. The molecule has 0 radical (unpaired) electrons. The van der Waals surface area contributed by atoms with E-state index in [1.54, 1.807) is 6.20 Å². The van der Waals surface area contributed by atoms with Crippen LogP contribution >= 0.6 is 0 Å². The van der Waals surface area contributed by atoms with Crippen molar-refractivity contribution in [3.05, 3.63) is 42.1 Å². The highest BCUT2D eigenvalue weighted by molar-refractivity contribution is 7.91. The van der Waals surface area contributed by atoms with Crippen LogP contribution in [-0.4, -0.2) is 60.1 Å². The molecule has 1 aromatic heterocycles. The molecule has 7 nitrogen and oxygen atoms in total. The highest BCUT2D eigenvalue weighted by Crippen LogP contribution is 2.19. The second-order valence-corrected chi connectivity index (χ2v) is 8.35. The van der Waals surface area contributed by atoms with E-state index in [9.17, 15) is 18.3 Å². The summed E-state index contributed by atoms with van der Waals surface area (Å²) in [4.78, 5) is 18.2. The quantitative estimate of drug-likeness (QED) is 0.823. The van der Waals surface area contributed by atoms with Crippen LogP contribution < -0.4 is 5.32 Å². The normalized spacial score (nSPS) is 19.0. The van der Waals surface area contributed by atoms with Gasteiger partial charge in [0.25, 0.3) is 0 Å². The lowest BCUT2D eigenvalue weighted by Gasteiger charge is -2.27. The summed E-state index contributed by atoms with van der Waals surface area (Å²) >= 11 is 0. The average molecular weight is 363 g/mol. The van der Waals surface area contributed by atoms with Crippen LogP contribution in [0.3, 0.4) is 0 Å². The number of aromatic nitrogens is 1. The molecule has 1 aromatic carbocycles. The Labute approximate surface area is 146 Å². The number of fused-ring (bicyclic) bond motifs is 1. The maximum atomic E-state index is 12.5. The SMILES string of the molecule is O=C(NCc1ccnc2ccccc12)N(CCO)[C@H]1CCS(=O)(=O)C1. The van der Waals surface area contributed by atoms with Crippen molar-refractivity contribution >= 4 is 26.8 Å². The van der Waals surface area contributed by atoms with Gasteiger partial charge in [-0.15, -0.1) is 0 Å². The molecule has 1 saturated heterocycles. The van der Waals surface area contributed by atoms with Crippen LogP contribution in [0.5, 0.6) is 0 Å². The van der Waals surface area contributed by atoms with Gasteiger partial charge < -0.3 is 15.3 Å². The molecular formula is C17H21N3O4S. The van der Waals surface area contributed by atoms with Crippen molar-refractivity contribution in [2.24, 2.45) is 0 Å². The Morgan fingerprint density at radius 3 is 2.84 bits per heavy atom. The van der Waals surface area contributed by atoms with E-state index in [1.807, 2.05) is 30.3 Å². The number of nitrogens with zero attached hydrogens (tertiary/aromatic N) is 2. The van der Waals surface area contributed by atoms with Gasteiger partial charge in [0, 0.05) is 30.7 Å². The van der Waals surface area contributed by atoms with E-state index in [4.69, 9.17) is 0 Å². The van der Waals surface area contributed by atoms with Crippen LogP contribution in [0.1, 0.15) is 12.0 Å². The molecular weight excluding hydrogens is 342 g/mol. The largest absolute Gasteiger partial charge is 0.395 e. The zero-order chi connectivity index (χ0) is 17.9. The number of hydrogen-bond donors (Lipinski definition) is 2. The molecule has 2 heterocycles. The van der Waals surface area contributed by atoms with Crippen molar-refractivity contribution in [3.63, 3.8) is 0 Å². The summed E-state index contributed by atoms with van der Waals surface area (Å²) < 4.78 is 23.3. The number of rotatable bonds is 5.